The van der Waals surface area contributed by atoms with E-state index in [1.54, 1.807) is 22.6 Å². The van der Waals surface area contributed by atoms with Crippen LogP contribution in [0.3, 0.4) is 0 Å². The molecular formula is C8H7F2IO. The van der Waals surface area contributed by atoms with Gasteiger partial charge in [-0.1, -0.05) is 6.07 Å². The summed E-state index contributed by atoms with van der Waals surface area (Å²) < 4.78 is 30.8. The zero-order valence-corrected chi connectivity index (χ0v) is 8.56. The average Bonchev–Trinajstić information content (AvgIpc) is 2.07. The minimum atomic E-state index is -0.816. The molecule has 0 bridgehead atoms. The lowest BCUT2D eigenvalue weighted by Gasteiger charge is -2.03. The molecule has 0 radical (unpaired) electrons. The van der Waals surface area contributed by atoms with E-state index in [1.807, 2.05) is 0 Å². The maximum absolute atomic E-state index is 13.0. The highest BCUT2D eigenvalue weighted by molar-refractivity contribution is 14.1. The molecule has 0 unspecified atom stereocenters. The summed E-state index contributed by atoms with van der Waals surface area (Å²) in [6, 6.07) is 3.04. The fourth-order valence-corrected chi connectivity index (χ4v) is 1.25. The summed E-state index contributed by atoms with van der Waals surface area (Å²) in [7, 11) is 1.44. The molecule has 0 aliphatic rings. The number of hydrogen-bond donors (Lipinski definition) is 0. The molecule has 1 aromatic rings. The fourth-order valence-electron chi connectivity index (χ4n) is 0.833. The average molecular weight is 284 g/mol. The van der Waals surface area contributed by atoms with Crippen LogP contribution in [0.15, 0.2) is 12.1 Å². The van der Waals surface area contributed by atoms with Gasteiger partial charge in [0, 0.05) is 12.7 Å². The predicted octanol–water partition coefficient (Wildman–Crippen LogP) is 2.72. The quantitative estimate of drug-likeness (QED) is 0.599. The molecule has 1 nitrogen and oxygen atoms in total. The fraction of sp³-hybridized carbons (Fsp3) is 0.250. The van der Waals surface area contributed by atoms with Crippen LogP contribution in [0.5, 0.6) is 0 Å². The van der Waals surface area contributed by atoms with E-state index in [0.717, 1.165) is 0 Å². The van der Waals surface area contributed by atoms with Crippen molar-refractivity contribution < 1.29 is 13.5 Å². The summed E-state index contributed by atoms with van der Waals surface area (Å²) in [6.45, 7) is 0.0969. The van der Waals surface area contributed by atoms with Crippen molar-refractivity contribution in [2.24, 2.45) is 0 Å². The van der Waals surface area contributed by atoms with Crippen molar-refractivity contribution in [1.82, 2.24) is 0 Å². The Morgan fingerprint density at radius 1 is 1.33 bits per heavy atom. The Balaban J connectivity index is 3.08. The van der Waals surface area contributed by atoms with E-state index in [4.69, 9.17) is 4.74 Å². The van der Waals surface area contributed by atoms with Crippen LogP contribution in [0.1, 0.15) is 5.56 Å². The Kier molecular flexibility index (Phi) is 3.39. The minimum Gasteiger partial charge on any atom is -0.380 e. The van der Waals surface area contributed by atoms with Gasteiger partial charge in [0.15, 0.2) is 11.6 Å². The lowest BCUT2D eigenvalue weighted by Crippen LogP contribution is -1.97. The Labute approximate surface area is 82.9 Å². The molecule has 1 rings (SSSR count). The SMILES string of the molecule is COCc1ccc(I)c(F)c1F. The summed E-state index contributed by atoms with van der Waals surface area (Å²) in [5.41, 5.74) is 0.246. The summed E-state index contributed by atoms with van der Waals surface area (Å²) in [5, 5.41) is 0. The molecule has 0 fully saturated rings. The molecule has 0 spiro atoms. The molecule has 0 saturated heterocycles. The zero-order chi connectivity index (χ0) is 9.14. The predicted molar refractivity (Wildman–Crippen MR) is 49.8 cm³/mol. The Morgan fingerprint density at radius 3 is 2.58 bits per heavy atom. The van der Waals surface area contributed by atoms with Crippen molar-refractivity contribution in [3.8, 4) is 0 Å². The summed E-state index contributed by atoms with van der Waals surface area (Å²) in [5.74, 6) is -1.62. The Hall–Kier alpha value is -0.230. The van der Waals surface area contributed by atoms with Gasteiger partial charge in [0.05, 0.1) is 10.2 Å². The Morgan fingerprint density at radius 2 is 2.00 bits per heavy atom. The normalized spacial score (nSPS) is 10.3. The largest absolute Gasteiger partial charge is 0.380 e. The van der Waals surface area contributed by atoms with Gasteiger partial charge in [0.2, 0.25) is 0 Å². The summed E-state index contributed by atoms with van der Waals surface area (Å²) in [4.78, 5) is 0. The van der Waals surface area contributed by atoms with Crippen LogP contribution in [-0.2, 0) is 11.3 Å². The van der Waals surface area contributed by atoms with Crippen LogP contribution in [-0.4, -0.2) is 7.11 Å². The standard InChI is InChI=1S/C8H7F2IO/c1-12-4-5-2-3-6(11)8(10)7(5)9/h2-3H,4H2,1H3. The van der Waals surface area contributed by atoms with Gasteiger partial charge in [-0.25, -0.2) is 8.78 Å². The highest BCUT2D eigenvalue weighted by Gasteiger charge is 2.10. The van der Waals surface area contributed by atoms with E-state index >= 15 is 0 Å². The van der Waals surface area contributed by atoms with Crippen LogP contribution in [0, 0.1) is 15.2 Å². The van der Waals surface area contributed by atoms with Gasteiger partial charge < -0.3 is 4.74 Å². The first-order chi connectivity index (χ1) is 5.66. The Bertz CT molecular complexity index is 289. The number of rotatable bonds is 2. The van der Waals surface area contributed by atoms with Crippen molar-refractivity contribution in [3.05, 3.63) is 32.9 Å². The van der Waals surface area contributed by atoms with E-state index in [9.17, 15) is 8.78 Å². The molecule has 0 N–H and O–H groups in total. The number of hydrogen-bond acceptors (Lipinski definition) is 1. The lowest BCUT2D eigenvalue weighted by atomic mass is 10.2. The van der Waals surface area contributed by atoms with E-state index in [0.29, 0.717) is 0 Å². The topological polar surface area (TPSA) is 9.23 Å². The van der Waals surface area contributed by atoms with Crippen LogP contribution in [0.4, 0.5) is 8.78 Å². The number of halogens is 3. The molecule has 1 aromatic carbocycles. The molecule has 0 heterocycles. The van der Waals surface area contributed by atoms with Crippen LogP contribution < -0.4 is 0 Å². The molecule has 0 saturated carbocycles. The summed E-state index contributed by atoms with van der Waals surface area (Å²) >= 11 is 1.74. The van der Waals surface area contributed by atoms with E-state index in [-0.39, 0.29) is 15.7 Å². The molecule has 12 heavy (non-hydrogen) atoms. The van der Waals surface area contributed by atoms with Gasteiger partial charge in [0.1, 0.15) is 0 Å². The van der Waals surface area contributed by atoms with Crippen LogP contribution >= 0.6 is 22.6 Å². The van der Waals surface area contributed by atoms with Crippen molar-refractivity contribution >= 4 is 22.6 Å². The van der Waals surface area contributed by atoms with Crippen molar-refractivity contribution in [2.75, 3.05) is 7.11 Å². The maximum atomic E-state index is 13.0. The molecule has 0 aromatic heterocycles. The summed E-state index contributed by atoms with van der Waals surface area (Å²) in [6.07, 6.45) is 0. The number of methoxy groups -OCH3 is 1. The van der Waals surface area contributed by atoms with Crippen LogP contribution in [0.25, 0.3) is 0 Å². The first kappa shape index (κ1) is 9.85. The molecule has 4 heteroatoms. The van der Waals surface area contributed by atoms with E-state index in [2.05, 4.69) is 0 Å². The smallest absolute Gasteiger partial charge is 0.172 e. The van der Waals surface area contributed by atoms with Gasteiger partial charge >= 0.3 is 0 Å². The first-order valence-corrected chi connectivity index (χ1v) is 4.36. The van der Waals surface area contributed by atoms with Gasteiger partial charge in [-0.2, -0.15) is 0 Å². The van der Waals surface area contributed by atoms with Crippen molar-refractivity contribution in [2.45, 2.75) is 6.61 Å². The van der Waals surface area contributed by atoms with Crippen molar-refractivity contribution in [3.63, 3.8) is 0 Å². The highest BCUT2D eigenvalue weighted by atomic mass is 127. The monoisotopic (exact) mass is 284 g/mol. The van der Waals surface area contributed by atoms with Gasteiger partial charge in [-0.3, -0.25) is 0 Å². The second-order valence-electron chi connectivity index (χ2n) is 2.27. The van der Waals surface area contributed by atoms with Gasteiger partial charge in [0.25, 0.3) is 0 Å². The minimum absolute atomic E-state index is 0.0969. The molecule has 0 atom stereocenters. The third kappa shape index (κ3) is 1.92. The van der Waals surface area contributed by atoms with Gasteiger partial charge in [-0.05, 0) is 28.7 Å². The molecule has 0 aliphatic heterocycles. The molecule has 0 amide bonds. The van der Waals surface area contributed by atoms with Crippen molar-refractivity contribution in [1.29, 1.82) is 0 Å². The van der Waals surface area contributed by atoms with Gasteiger partial charge in [-0.15, -0.1) is 0 Å². The zero-order valence-electron chi connectivity index (χ0n) is 6.40. The number of benzene rings is 1. The molecule has 0 aliphatic carbocycles. The second-order valence-corrected chi connectivity index (χ2v) is 3.43. The number of ether oxygens (including phenoxy) is 1. The second kappa shape index (κ2) is 4.13. The third-order valence-electron chi connectivity index (χ3n) is 1.42. The van der Waals surface area contributed by atoms with E-state index < -0.39 is 11.6 Å². The highest BCUT2D eigenvalue weighted by Crippen LogP contribution is 2.18. The first-order valence-electron chi connectivity index (χ1n) is 3.28. The maximum Gasteiger partial charge on any atom is 0.172 e. The van der Waals surface area contributed by atoms with E-state index in [1.165, 1.54) is 19.2 Å². The molecular weight excluding hydrogens is 277 g/mol. The molecule has 66 valence electrons. The van der Waals surface area contributed by atoms with Crippen LogP contribution in [0.2, 0.25) is 0 Å². The third-order valence-corrected chi connectivity index (χ3v) is 2.25. The lowest BCUT2D eigenvalue weighted by molar-refractivity contribution is 0.180.